The Kier molecular flexibility index (Phi) is 21.4. The number of carbonyl (C=O) groups excluding carboxylic acids is 4. The smallest absolute Gasteiger partial charge is 0.394 e. The van der Waals surface area contributed by atoms with Crippen molar-refractivity contribution in [2.24, 2.45) is 0 Å². The fraction of sp³-hybridized carbons (Fsp3) is 0.889. The van der Waals surface area contributed by atoms with Crippen molar-refractivity contribution < 1.29 is 106 Å². The van der Waals surface area contributed by atoms with Crippen LogP contribution in [0.3, 0.4) is 0 Å². The Hall–Kier alpha value is -2.30. The van der Waals surface area contributed by atoms with Crippen LogP contribution in [-0.2, 0) is 60.8 Å². The van der Waals surface area contributed by atoms with Gasteiger partial charge in [-0.05, 0) is 44.9 Å². The number of aliphatic hydroxyl groups is 6. The fourth-order valence-corrected chi connectivity index (χ4v) is 9.32. The largest absolute Gasteiger partial charge is 0.472 e. The number of phosphoric acid groups is 2. The van der Waals surface area contributed by atoms with E-state index in [0.29, 0.717) is 32.2 Å². The quantitative estimate of drug-likeness (QED) is 0.0329. The second-order valence-corrected chi connectivity index (χ2v) is 18.8. The Bertz CT molecular complexity index is 1630. The summed E-state index contributed by atoms with van der Waals surface area (Å²) in [5.41, 5.74) is 0. The molecule has 0 aromatic carbocycles. The van der Waals surface area contributed by atoms with Gasteiger partial charge in [0.15, 0.2) is 12.6 Å². The SMILES string of the molecule is CC(=O)NC1C(OCCCCC(=O)N2CCC[C@H]2COP(=O)(O)O[C@@H]2C[C@@H](COP(=O)(O)O)N(C(=O)CCCCOC3OC(CO)C(O)C(O)C3NC(C)=O)C2)OC(CO)C(O)C1O. The first-order valence-corrected chi connectivity index (χ1v) is 24.1. The summed E-state index contributed by atoms with van der Waals surface area (Å²) in [6.07, 6.45) is -9.73. The number of unbranched alkanes of at least 4 members (excludes halogenated alkanes) is 2. The summed E-state index contributed by atoms with van der Waals surface area (Å²) >= 11 is 0. The number of nitrogens with one attached hydrogen (secondary N) is 2. The number of ether oxygens (including phenoxy) is 4. The molecule has 0 saturated carbocycles. The van der Waals surface area contributed by atoms with Crippen molar-refractivity contribution >= 4 is 39.3 Å². The monoisotopic (exact) mass is 966 g/mol. The molecule has 4 saturated heterocycles. The van der Waals surface area contributed by atoms with E-state index >= 15 is 0 Å². The molecular formula is C36H64N4O22P2. The van der Waals surface area contributed by atoms with E-state index in [1.54, 1.807) is 0 Å². The number of aliphatic hydroxyl groups excluding tert-OH is 6. The van der Waals surface area contributed by atoms with Crippen LogP contribution < -0.4 is 10.6 Å². The van der Waals surface area contributed by atoms with Crippen molar-refractivity contribution in [1.82, 2.24) is 20.4 Å². The van der Waals surface area contributed by atoms with Crippen molar-refractivity contribution in [2.45, 2.75) is 151 Å². The number of hydrogen-bond acceptors (Lipinski definition) is 19. The van der Waals surface area contributed by atoms with Crippen molar-refractivity contribution in [3.05, 3.63) is 0 Å². The third-order valence-electron chi connectivity index (χ3n) is 11.2. The van der Waals surface area contributed by atoms with Gasteiger partial charge in [0, 0.05) is 53.0 Å². The third-order valence-corrected chi connectivity index (χ3v) is 12.7. The van der Waals surface area contributed by atoms with Gasteiger partial charge in [-0.15, -0.1) is 0 Å². The predicted molar refractivity (Wildman–Crippen MR) is 214 cm³/mol. The molecule has 11 unspecified atom stereocenters. The molecule has 11 N–H and O–H groups in total. The molecule has 0 spiro atoms. The van der Waals surface area contributed by atoms with E-state index in [4.69, 9.17) is 28.0 Å². The fourth-order valence-electron chi connectivity index (χ4n) is 8.00. The van der Waals surface area contributed by atoms with Gasteiger partial charge in [-0.25, -0.2) is 9.13 Å². The van der Waals surface area contributed by atoms with Crippen LogP contribution in [0, 0.1) is 0 Å². The molecule has 4 fully saturated rings. The van der Waals surface area contributed by atoms with Crippen molar-refractivity contribution in [3.8, 4) is 0 Å². The highest BCUT2D eigenvalue weighted by molar-refractivity contribution is 7.47. The number of phosphoric ester groups is 2. The predicted octanol–water partition coefficient (Wildman–Crippen LogP) is -3.55. The lowest BCUT2D eigenvalue weighted by Crippen LogP contribution is -2.64. The van der Waals surface area contributed by atoms with Gasteiger partial charge in [-0.2, -0.15) is 0 Å². The van der Waals surface area contributed by atoms with Gasteiger partial charge in [-0.3, -0.25) is 32.7 Å². The van der Waals surface area contributed by atoms with Crippen LogP contribution in [0.15, 0.2) is 0 Å². The first kappa shape index (κ1) is 54.3. The zero-order valence-corrected chi connectivity index (χ0v) is 37.4. The van der Waals surface area contributed by atoms with Crippen molar-refractivity contribution in [1.29, 1.82) is 0 Å². The van der Waals surface area contributed by atoms with Crippen LogP contribution in [0.25, 0.3) is 0 Å². The molecule has 370 valence electrons. The minimum Gasteiger partial charge on any atom is -0.394 e. The summed E-state index contributed by atoms with van der Waals surface area (Å²) in [7, 11) is -9.78. The lowest BCUT2D eigenvalue weighted by Gasteiger charge is -2.42. The highest BCUT2D eigenvalue weighted by Crippen LogP contribution is 2.47. The van der Waals surface area contributed by atoms with Crippen LogP contribution in [0.2, 0.25) is 0 Å². The molecule has 14 atom stereocenters. The standard InChI is InChI=1S/C36H64N4O22P2/c1-20(43)37-29-33(49)31(47)25(16-41)60-35(29)56-12-5-3-9-27(45)39-11-7-8-22(39)18-59-64(54,55)62-24-14-23(19-58-63(51,52)53)40(15-24)28(46)10-4-6-13-57-36-30(38-21(2)44)34(50)32(48)26(17-42)61-36/h22-26,29-36,41-42,47-50H,3-19H2,1-2H3,(H,37,43)(H,38,44)(H,54,55)(H2,51,52,53)/t22-,23-,24+,25?,26?,29?,30?,31?,32?,33?,34?,35?,36?/m0/s1. The average Bonchev–Trinajstić information content (AvgIpc) is 3.87. The van der Waals surface area contributed by atoms with E-state index < -0.39 is 133 Å². The molecule has 4 aliphatic rings. The van der Waals surface area contributed by atoms with E-state index in [-0.39, 0.29) is 64.4 Å². The van der Waals surface area contributed by atoms with Gasteiger partial charge < -0.3 is 84.7 Å². The van der Waals surface area contributed by atoms with Crippen molar-refractivity contribution in [3.63, 3.8) is 0 Å². The molecule has 4 rings (SSSR count). The highest BCUT2D eigenvalue weighted by atomic mass is 31.2. The molecule has 0 aliphatic carbocycles. The third kappa shape index (κ3) is 16.2. The van der Waals surface area contributed by atoms with Gasteiger partial charge in [-0.1, -0.05) is 0 Å². The minimum atomic E-state index is -4.97. The number of rotatable bonds is 24. The maximum absolute atomic E-state index is 13.3. The highest BCUT2D eigenvalue weighted by Gasteiger charge is 2.47. The summed E-state index contributed by atoms with van der Waals surface area (Å²) in [5.74, 6) is -1.79. The van der Waals surface area contributed by atoms with Crippen LogP contribution >= 0.6 is 15.6 Å². The molecule has 64 heavy (non-hydrogen) atoms. The minimum absolute atomic E-state index is 0.0410. The number of hydrogen-bond donors (Lipinski definition) is 11. The Labute approximate surface area is 369 Å². The molecule has 4 aliphatic heterocycles. The lowest BCUT2D eigenvalue weighted by atomic mass is 9.97. The number of amides is 4. The van der Waals surface area contributed by atoms with Gasteiger partial charge in [0.2, 0.25) is 23.6 Å². The summed E-state index contributed by atoms with van der Waals surface area (Å²) < 4.78 is 62.4. The normalized spacial score (nSPS) is 33.2. The maximum atomic E-state index is 13.3. The van der Waals surface area contributed by atoms with Crippen LogP contribution in [0.1, 0.15) is 71.6 Å². The summed E-state index contributed by atoms with van der Waals surface area (Å²) in [6, 6.07) is -3.78. The van der Waals surface area contributed by atoms with Crippen LogP contribution in [0.5, 0.6) is 0 Å². The molecular weight excluding hydrogens is 902 g/mol. The van der Waals surface area contributed by atoms with E-state index in [1.807, 2.05) is 0 Å². The van der Waals surface area contributed by atoms with Crippen LogP contribution in [-0.4, -0.2) is 211 Å². The molecule has 0 aromatic rings. The zero-order chi connectivity index (χ0) is 47.4. The average molecular weight is 967 g/mol. The van der Waals surface area contributed by atoms with Crippen molar-refractivity contribution in [2.75, 3.05) is 52.7 Å². The molecule has 0 aromatic heterocycles. The number of likely N-dealkylation sites (tertiary alicyclic amines) is 2. The molecule has 0 bridgehead atoms. The van der Waals surface area contributed by atoms with Gasteiger partial charge >= 0.3 is 15.6 Å². The van der Waals surface area contributed by atoms with Crippen LogP contribution in [0.4, 0.5) is 0 Å². The molecule has 26 nitrogen and oxygen atoms in total. The summed E-state index contributed by atoms with van der Waals surface area (Å²) in [4.78, 5) is 81.8. The Morgan fingerprint density at radius 1 is 0.688 bits per heavy atom. The Morgan fingerprint density at radius 3 is 1.64 bits per heavy atom. The first-order valence-electron chi connectivity index (χ1n) is 21.1. The van der Waals surface area contributed by atoms with E-state index in [2.05, 4.69) is 15.2 Å². The van der Waals surface area contributed by atoms with Gasteiger partial charge in [0.25, 0.3) is 0 Å². The van der Waals surface area contributed by atoms with Gasteiger partial charge in [0.05, 0.1) is 44.6 Å². The Morgan fingerprint density at radius 2 is 1.17 bits per heavy atom. The molecule has 4 amide bonds. The molecule has 0 radical (unpaired) electrons. The second-order valence-electron chi connectivity index (χ2n) is 16.1. The molecule has 28 heteroatoms. The van der Waals surface area contributed by atoms with E-state index in [1.165, 1.54) is 23.6 Å². The van der Waals surface area contributed by atoms with E-state index in [9.17, 15) is 73.6 Å². The Balaban J connectivity index is 1.22. The lowest BCUT2D eigenvalue weighted by molar-refractivity contribution is -0.270. The topological polar surface area (TPSA) is 380 Å². The first-order chi connectivity index (χ1) is 30.1. The number of carbonyl (C=O) groups is 4. The molecule has 4 heterocycles. The second kappa shape index (κ2) is 25.2. The summed E-state index contributed by atoms with van der Waals surface area (Å²) in [6.45, 7) is 0.321. The zero-order valence-electron chi connectivity index (χ0n) is 35.6. The number of nitrogens with zero attached hydrogens (tertiary/aromatic N) is 2. The maximum Gasteiger partial charge on any atom is 0.472 e. The summed E-state index contributed by atoms with van der Waals surface area (Å²) in [5, 5.41) is 65.1. The van der Waals surface area contributed by atoms with E-state index in [0.717, 1.165) is 0 Å². The van der Waals surface area contributed by atoms with Gasteiger partial charge in [0.1, 0.15) is 48.7 Å².